The van der Waals surface area contributed by atoms with Crippen molar-refractivity contribution in [1.29, 1.82) is 0 Å². The minimum Gasteiger partial charge on any atom is -0.377 e. The zero-order chi connectivity index (χ0) is 12.8. The zero-order valence-electron chi connectivity index (χ0n) is 12.3. The first-order chi connectivity index (χ1) is 8.80. The molecule has 2 saturated carbocycles. The Morgan fingerprint density at radius 1 is 1.06 bits per heavy atom. The van der Waals surface area contributed by atoms with Gasteiger partial charge in [0.15, 0.2) is 0 Å². The van der Waals surface area contributed by atoms with Gasteiger partial charge in [0.1, 0.15) is 0 Å². The quantitative estimate of drug-likeness (QED) is 0.750. The van der Waals surface area contributed by atoms with Crippen molar-refractivity contribution in [1.82, 2.24) is 5.32 Å². The van der Waals surface area contributed by atoms with Crippen molar-refractivity contribution in [3.05, 3.63) is 0 Å². The molecule has 0 saturated heterocycles. The van der Waals surface area contributed by atoms with Gasteiger partial charge >= 0.3 is 0 Å². The maximum atomic E-state index is 6.06. The molecule has 0 amide bonds. The molecule has 0 spiro atoms. The van der Waals surface area contributed by atoms with Crippen LogP contribution in [0.5, 0.6) is 0 Å². The molecule has 2 rings (SSSR count). The normalized spacial score (nSPS) is 27.0. The molecule has 0 aromatic carbocycles. The van der Waals surface area contributed by atoms with Gasteiger partial charge in [-0.2, -0.15) is 0 Å². The maximum Gasteiger partial charge on any atom is 0.0830 e. The molecule has 0 heterocycles. The Balaban J connectivity index is 2.01. The molecule has 0 aromatic rings. The van der Waals surface area contributed by atoms with Crippen LogP contribution in [-0.2, 0) is 4.74 Å². The van der Waals surface area contributed by atoms with Gasteiger partial charge in [-0.1, -0.05) is 51.4 Å². The topological polar surface area (TPSA) is 21.3 Å². The second-order valence-electron chi connectivity index (χ2n) is 6.41. The van der Waals surface area contributed by atoms with Crippen LogP contribution in [0.15, 0.2) is 0 Å². The summed E-state index contributed by atoms with van der Waals surface area (Å²) in [5.74, 6) is 0.942. The molecule has 0 aromatic heterocycles. The highest BCUT2D eigenvalue weighted by Crippen LogP contribution is 2.38. The van der Waals surface area contributed by atoms with Crippen LogP contribution in [-0.4, -0.2) is 25.8 Å². The van der Waals surface area contributed by atoms with E-state index < -0.39 is 0 Å². The number of methoxy groups -OCH3 is 1. The van der Waals surface area contributed by atoms with Gasteiger partial charge in [0.05, 0.1) is 5.60 Å². The molecule has 2 nitrogen and oxygen atoms in total. The van der Waals surface area contributed by atoms with Crippen LogP contribution in [0, 0.1) is 5.92 Å². The Labute approximate surface area is 113 Å². The van der Waals surface area contributed by atoms with E-state index in [0.717, 1.165) is 5.92 Å². The monoisotopic (exact) mass is 253 g/mol. The summed E-state index contributed by atoms with van der Waals surface area (Å²) in [5.41, 5.74) is 0.119. The lowest BCUT2D eigenvalue weighted by Crippen LogP contribution is -2.51. The van der Waals surface area contributed by atoms with Crippen molar-refractivity contribution >= 4 is 0 Å². The predicted molar refractivity (Wildman–Crippen MR) is 76.9 cm³/mol. The minimum absolute atomic E-state index is 0.119. The molecule has 1 N–H and O–H groups in total. The summed E-state index contributed by atoms with van der Waals surface area (Å²) >= 11 is 0. The number of hydrogen-bond donors (Lipinski definition) is 1. The fourth-order valence-corrected chi connectivity index (χ4v) is 4.20. The number of nitrogens with one attached hydrogen (secondary N) is 1. The van der Waals surface area contributed by atoms with Crippen molar-refractivity contribution in [2.24, 2.45) is 5.92 Å². The van der Waals surface area contributed by atoms with Gasteiger partial charge in [-0.05, 0) is 32.2 Å². The summed E-state index contributed by atoms with van der Waals surface area (Å²) in [6.45, 7) is 0. The zero-order valence-corrected chi connectivity index (χ0v) is 12.3. The van der Waals surface area contributed by atoms with Crippen LogP contribution in [0.2, 0.25) is 0 Å². The van der Waals surface area contributed by atoms with Crippen LogP contribution >= 0.6 is 0 Å². The Kier molecular flexibility index (Phi) is 5.50. The third kappa shape index (κ3) is 3.27. The average Bonchev–Trinajstić information content (AvgIpc) is 2.79. The molecule has 0 bridgehead atoms. The molecule has 0 radical (unpaired) electrons. The van der Waals surface area contributed by atoms with Gasteiger partial charge in [0.2, 0.25) is 0 Å². The molecule has 2 aliphatic rings. The number of rotatable bonds is 5. The first kappa shape index (κ1) is 14.3. The lowest BCUT2D eigenvalue weighted by molar-refractivity contribution is -0.0563. The highest BCUT2D eigenvalue weighted by Gasteiger charge is 2.39. The Hall–Kier alpha value is -0.0800. The molecule has 1 unspecified atom stereocenters. The number of likely N-dealkylation sites (N-methyl/N-ethyl adjacent to an activating group) is 1. The van der Waals surface area contributed by atoms with Crippen molar-refractivity contribution in [2.45, 2.75) is 82.3 Å². The third-order valence-corrected chi connectivity index (χ3v) is 5.38. The lowest BCUT2D eigenvalue weighted by atomic mass is 9.81. The van der Waals surface area contributed by atoms with E-state index in [9.17, 15) is 0 Å². The fraction of sp³-hybridized carbons (Fsp3) is 1.00. The molecule has 106 valence electrons. The summed E-state index contributed by atoms with van der Waals surface area (Å²) in [6.07, 6.45) is 15.1. The van der Waals surface area contributed by atoms with Crippen LogP contribution in [0.3, 0.4) is 0 Å². The van der Waals surface area contributed by atoms with Crippen molar-refractivity contribution in [3.8, 4) is 0 Å². The summed E-state index contributed by atoms with van der Waals surface area (Å²) in [5, 5.41) is 3.59. The molecule has 2 fully saturated rings. The highest BCUT2D eigenvalue weighted by molar-refractivity contribution is 4.95. The molecule has 2 heteroatoms. The van der Waals surface area contributed by atoms with E-state index >= 15 is 0 Å². The first-order valence-electron chi connectivity index (χ1n) is 8.03. The predicted octanol–water partition coefficient (Wildman–Crippen LogP) is 3.89. The van der Waals surface area contributed by atoms with Crippen LogP contribution in [0.25, 0.3) is 0 Å². The summed E-state index contributed by atoms with van der Waals surface area (Å²) in [7, 11) is 4.07. The molecule has 18 heavy (non-hydrogen) atoms. The smallest absolute Gasteiger partial charge is 0.0830 e. The molecule has 2 aliphatic carbocycles. The molecular formula is C16H31NO. The van der Waals surface area contributed by atoms with Crippen molar-refractivity contribution < 1.29 is 4.74 Å². The van der Waals surface area contributed by atoms with E-state index in [1.54, 1.807) is 0 Å². The van der Waals surface area contributed by atoms with Gasteiger partial charge in [-0.25, -0.2) is 0 Å². The average molecular weight is 253 g/mol. The van der Waals surface area contributed by atoms with E-state index in [2.05, 4.69) is 12.4 Å². The van der Waals surface area contributed by atoms with Gasteiger partial charge < -0.3 is 10.1 Å². The Morgan fingerprint density at radius 3 is 2.17 bits per heavy atom. The van der Waals surface area contributed by atoms with Gasteiger partial charge in [0, 0.05) is 13.2 Å². The minimum atomic E-state index is 0.119. The fourth-order valence-electron chi connectivity index (χ4n) is 4.20. The van der Waals surface area contributed by atoms with E-state index in [1.807, 2.05) is 7.11 Å². The lowest BCUT2D eigenvalue weighted by Gasteiger charge is -2.40. The van der Waals surface area contributed by atoms with E-state index in [-0.39, 0.29) is 5.60 Å². The van der Waals surface area contributed by atoms with Crippen molar-refractivity contribution in [2.75, 3.05) is 14.2 Å². The molecule has 1 atom stereocenters. The first-order valence-corrected chi connectivity index (χ1v) is 8.03. The second kappa shape index (κ2) is 6.91. The maximum absolute atomic E-state index is 6.06. The van der Waals surface area contributed by atoms with E-state index in [1.165, 1.54) is 70.6 Å². The van der Waals surface area contributed by atoms with E-state index in [0.29, 0.717) is 6.04 Å². The highest BCUT2D eigenvalue weighted by atomic mass is 16.5. The van der Waals surface area contributed by atoms with Gasteiger partial charge in [0.25, 0.3) is 0 Å². The summed E-state index contributed by atoms with van der Waals surface area (Å²) in [6, 6.07) is 0.559. The van der Waals surface area contributed by atoms with Crippen LogP contribution < -0.4 is 5.32 Å². The number of hydrogen-bond acceptors (Lipinski definition) is 2. The second-order valence-corrected chi connectivity index (χ2v) is 6.41. The standard InChI is InChI=1S/C16H31NO/c1-17-15(13-14-9-5-6-10-14)16(18-2)11-7-3-4-8-12-16/h14-15,17H,3-13H2,1-2H3. The van der Waals surface area contributed by atoms with Gasteiger partial charge in [-0.3, -0.25) is 0 Å². The third-order valence-electron chi connectivity index (χ3n) is 5.38. The summed E-state index contributed by atoms with van der Waals surface area (Å²) in [4.78, 5) is 0. The molecular weight excluding hydrogens is 222 g/mol. The summed E-state index contributed by atoms with van der Waals surface area (Å²) < 4.78 is 6.06. The van der Waals surface area contributed by atoms with Gasteiger partial charge in [-0.15, -0.1) is 0 Å². The largest absolute Gasteiger partial charge is 0.377 e. The SMILES string of the molecule is CNC(CC1CCCC1)C1(OC)CCCCCC1. The Bertz CT molecular complexity index is 227. The van der Waals surface area contributed by atoms with Crippen LogP contribution in [0.4, 0.5) is 0 Å². The molecule has 0 aliphatic heterocycles. The van der Waals surface area contributed by atoms with Crippen LogP contribution in [0.1, 0.15) is 70.6 Å². The van der Waals surface area contributed by atoms with E-state index in [4.69, 9.17) is 4.74 Å². The Morgan fingerprint density at radius 2 is 1.67 bits per heavy atom. The van der Waals surface area contributed by atoms with Crippen molar-refractivity contribution in [3.63, 3.8) is 0 Å². The number of ether oxygens (including phenoxy) is 1.